The lowest BCUT2D eigenvalue weighted by Gasteiger charge is -2.13. The summed E-state index contributed by atoms with van der Waals surface area (Å²) in [5, 5.41) is 2.60. The molecular weight excluding hydrogens is 329 g/mol. The third-order valence-corrected chi connectivity index (χ3v) is 5.18. The summed E-state index contributed by atoms with van der Waals surface area (Å²) in [6.45, 7) is 1.52. The average molecular weight is 347 g/mol. The topological polar surface area (TPSA) is 55.4 Å². The van der Waals surface area contributed by atoms with Crippen LogP contribution in [0.25, 0.3) is 0 Å². The molecule has 4 nitrogen and oxygen atoms in total. The van der Waals surface area contributed by atoms with Crippen LogP contribution in [0.5, 0.6) is 0 Å². The predicted molar refractivity (Wildman–Crippen MR) is 90.9 cm³/mol. The quantitative estimate of drug-likeness (QED) is 0.852. The SMILES string of the molecule is C[C@@H](OC(=O)c1cc2c(s1)CCCC2)C(=O)Nc1ccc(F)cc1. The summed E-state index contributed by atoms with van der Waals surface area (Å²) >= 11 is 1.45. The van der Waals surface area contributed by atoms with Gasteiger partial charge in [-0.1, -0.05) is 0 Å². The van der Waals surface area contributed by atoms with E-state index in [1.54, 1.807) is 0 Å². The Morgan fingerprint density at radius 1 is 1.21 bits per heavy atom. The molecule has 3 rings (SSSR count). The highest BCUT2D eigenvalue weighted by Gasteiger charge is 2.22. The number of esters is 1. The molecule has 0 unspecified atom stereocenters. The number of carbonyl (C=O) groups excluding carboxylic acids is 2. The molecule has 0 saturated heterocycles. The number of hydrogen-bond donors (Lipinski definition) is 1. The van der Waals surface area contributed by atoms with E-state index in [2.05, 4.69) is 5.32 Å². The third-order valence-electron chi connectivity index (χ3n) is 3.96. The van der Waals surface area contributed by atoms with Gasteiger partial charge in [-0.15, -0.1) is 11.3 Å². The van der Waals surface area contributed by atoms with Crippen LogP contribution in [0.3, 0.4) is 0 Å². The van der Waals surface area contributed by atoms with Crippen LogP contribution >= 0.6 is 11.3 Å². The molecule has 1 amide bonds. The molecule has 1 aromatic heterocycles. The summed E-state index contributed by atoms with van der Waals surface area (Å²) in [6, 6.07) is 7.29. The standard InChI is InChI=1S/C18H18FNO3S/c1-11(17(21)20-14-8-6-13(19)7-9-14)23-18(22)16-10-12-4-2-3-5-15(12)24-16/h6-11H,2-5H2,1H3,(H,20,21)/t11-/m1/s1. The van der Waals surface area contributed by atoms with Crippen molar-refractivity contribution in [2.75, 3.05) is 5.32 Å². The highest BCUT2D eigenvalue weighted by atomic mass is 32.1. The van der Waals surface area contributed by atoms with Gasteiger partial charge in [-0.3, -0.25) is 4.79 Å². The van der Waals surface area contributed by atoms with Crippen molar-refractivity contribution in [1.82, 2.24) is 0 Å². The lowest BCUT2D eigenvalue weighted by atomic mass is 9.99. The van der Waals surface area contributed by atoms with Gasteiger partial charge in [0.2, 0.25) is 0 Å². The van der Waals surface area contributed by atoms with Crippen LogP contribution in [-0.2, 0) is 22.4 Å². The Morgan fingerprint density at radius 3 is 2.62 bits per heavy atom. The summed E-state index contributed by atoms with van der Waals surface area (Å²) in [6.07, 6.45) is 3.38. The number of halogens is 1. The second-order valence-corrected chi connectivity index (χ2v) is 6.95. The van der Waals surface area contributed by atoms with Crippen LogP contribution in [-0.4, -0.2) is 18.0 Å². The van der Waals surface area contributed by atoms with Gasteiger partial charge in [0, 0.05) is 10.6 Å². The van der Waals surface area contributed by atoms with Crippen molar-refractivity contribution >= 4 is 28.9 Å². The molecule has 1 aliphatic carbocycles. The molecule has 2 aromatic rings. The van der Waals surface area contributed by atoms with Crippen LogP contribution in [0.2, 0.25) is 0 Å². The number of hydrogen-bond acceptors (Lipinski definition) is 4. The van der Waals surface area contributed by atoms with E-state index in [-0.39, 0.29) is 5.82 Å². The van der Waals surface area contributed by atoms with Crippen molar-refractivity contribution < 1.29 is 18.7 Å². The number of benzene rings is 1. The summed E-state index contributed by atoms with van der Waals surface area (Å²) in [7, 11) is 0. The molecule has 1 aliphatic rings. The molecule has 1 aromatic carbocycles. The molecule has 1 N–H and O–H groups in total. The van der Waals surface area contributed by atoms with E-state index >= 15 is 0 Å². The Balaban J connectivity index is 1.60. The lowest BCUT2D eigenvalue weighted by Crippen LogP contribution is -2.29. The van der Waals surface area contributed by atoms with Crippen LogP contribution < -0.4 is 5.32 Å². The van der Waals surface area contributed by atoms with Crippen molar-refractivity contribution in [2.24, 2.45) is 0 Å². The molecular formula is C18H18FNO3S. The number of amides is 1. The summed E-state index contributed by atoms with van der Waals surface area (Å²) in [4.78, 5) is 26.1. The van der Waals surface area contributed by atoms with Crippen LogP contribution in [0.4, 0.5) is 10.1 Å². The van der Waals surface area contributed by atoms with Gasteiger partial charge >= 0.3 is 5.97 Å². The van der Waals surface area contributed by atoms with Crippen molar-refractivity contribution in [3.05, 3.63) is 51.5 Å². The first kappa shape index (κ1) is 16.6. The van der Waals surface area contributed by atoms with Gasteiger partial charge in [0.25, 0.3) is 5.91 Å². The summed E-state index contributed by atoms with van der Waals surface area (Å²) in [5.74, 6) is -1.30. The predicted octanol–water partition coefficient (Wildman–Crippen LogP) is 3.95. The largest absolute Gasteiger partial charge is 0.448 e. The minimum Gasteiger partial charge on any atom is -0.448 e. The minimum atomic E-state index is -0.929. The molecule has 0 aliphatic heterocycles. The monoisotopic (exact) mass is 347 g/mol. The van der Waals surface area contributed by atoms with E-state index in [1.165, 1.54) is 53.0 Å². The molecule has 6 heteroatoms. The molecule has 0 fully saturated rings. The number of thiophene rings is 1. The average Bonchev–Trinajstić information content (AvgIpc) is 3.01. The van der Waals surface area contributed by atoms with E-state index in [0.717, 1.165) is 25.7 Å². The van der Waals surface area contributed by atoms with E-state index in [9.17, 15) is 14.0 Å². The minimum absolute atomic E-state index is 0.380. The number of anilines is 1. The molecule has 126 valence electrons. The van der Waals surface area contributed by atoms with E-state index in [1.807, 2.05) is 6.07 Å². The highest BCUT2D eigenvalue weighted by molar-refractivity contribution is 7.14. The lowest BCUT2D eigenvalue weighted by molar-refractivity contribution is -0.123. The summed E-state index contributed by atoms with van der Waals surface area (Å²) < 4.78 is 18.1. The fourth-order valence-corrected chi connectivity index (χ4v) is 3.78. The number of ether oxygens (including phenoxy) is 1. The summed E-state index contributed by atoms with van der Waals surface area (Å²) in [5.41, 5.74) is 1.68. The molecule has 0 saturated carbocycles. The van der Waals surface area contributed by atoms with Gasteiger partial charge in [-0.25, -0.2) is 9.18 Å². The highest BCUT2D eigenvalue weighted by Crippen LogP contribution is 2.30. The molecule has 24 heavy (non-hydrogen) atoms. The molecule has 1 heterocycles. The van der Waals surface area contributed by atoms with Gasteiger partial charge < -0.3 is 10.1 Å². The fourth-order valence-electron chi connectivity index (χ4n) is 2.64. The second-order valence-electron chi connectivity index (χ2n) is 5.81. The first-order chi connectivity index (χ1) is 11.5. The van der Waals surface area contributed by atoms with Gasteiger partial charge in [0.05, 0.1) is 0 Å². The Kier molecular flexibility index (Phi) is 4.94. The maximum Gasteiger partial charge on any atom is 0.349 e. The number of rotatable bonds is 4. The molecule has 0 bridgehead atoms. The van der Waals surface area contributed by atoms with Crippen molar-refractivity contribution in [2.45, 2.75) is 38.7 Å². The number of fused-ring (bicyclic) bond motifs is 1. The second kappa shape index (κ2) is 7.13. The maximum absolute atomic E-state index is 12.9. The van der Waals surface area contributed by atoms with Crippen molar-refractivity contribution in [3.63, 3.8) is 0 Å². The van der Waals surface area contributed by atoms with Crippen molar-refractivity contribution in [3.8, 4) is 0 Å². The first-order valence-electron chi connectivity index (χ1n) is 7.92. The van der Waals surface area contributed by atoms with Crippen LogP contribution in [0, 0.1) is 5.82 Å². The number of nitrogens with one attached hydrogen (secondary N) is 1. The zero-order chi connectivity index (χ0) is 17.1. The van der Waals surface area contributed by atoms with Gasteiger partial charge in [-0.05, 0) is 68.5 Å². The Labute approximate surface area is 143 Å². The first-order valence-corrected chi connectivity index (χ1v) is 8.73. The van der Waals surface area contributed by atoms with E-state index < -0.39 is 18.0 Å². The van der Waals surface area contributed by atoms with Gasteiger partial charge in [-0.2, -0.15) is 0 Å². The van der Waals surface area contributed by atoms with Crippen LogP contribution in [0.1, 0.15) is 39.9 Å². The fraction of sp³-hybridized carbons (Fsp3) is 0.333. The molecule has 1 atom stereocenters. The Hall–Kier alpha value is -2.21. The maximum atomic E-state index is 12.9. The van der Waals surface area contributed by atoms with E-state index in [0.29, 0.717) is 10.6 Å². The van der Waals surface area contributed by atoms with Crippen molar-refractivity contribution in [1.29, 1.82) is 0 Å². The third kappa shape index (κ3) is 3.82. The number of carbonyl (C=O) groups is 2. The normalized spacial score (nSPS) is 14.6. The Bertz CT molecular complexity index is 731. The zero-order valence-electron chi connectivity index (χ0n) is 13.3. The number of aryl methyl sites for hydroxylation is 2. The van der Waals surface area contributed by atoms with E-state index in [4.69, 9.17) is 4.74 Å². The van der Waals surface area contributed by atoms with Gasteiger partial charge in [0.15, 0.2) is 6.10 Å². The molecule has 0 spiro atoms. The molecule has 0 radical (unpaired) electrons. The smallest absolute Gasteiger partial charge is 0.349 e. The van der Waals surface area contributed by atoms with Crippen LogP contribution in [0.15, 0.2) is 30.3 Å². The Morgan fingerprint density at radius 2 is 1.92 bits per heavy atom. The zero-order valence-corrected chi connectivity index (χ0v) is 14.1. The van der Waals surface area contributed by atoms with Gasteiger partial charge in [0.1, 0.15) is 10.7 Å².